The van der Waals surface area contributed by atoms with Crippen molar-refractivity contribution in [3.05, 3.63) is 0 Å². The normalized spacial score (nSPS) is 34.2. The third-order valence-electron chi connectivity index (χ3n) is 3.70. The Bertz CT molecular complexity index is 174. The minimum Gasteiger partial charge on any atom is -0.380 e. The molecule has 2 fully saturated rings. The first kappa shape index (κ1) is 9.44. The number of ether oxygens (including phenoxy) is 1. The van der Waals surface area contributed by atoms with Crippen LogP contribution in [0.2, 0.25) is 0 Å². The van der Waals surface area contributed by atoms with Gasteiger partial charge in [-0.2, -0.15) is 0 Å². The molecule has 0 aromatic rings. The van der Waals surface area contributed by atoms with E-state index in [2.05, 4.69) is 24.2 Å². The van der Waals surface area contributed by atoms with Crippen molar-refractivity contribution in [3.8, 4) is 0 Å². The van der Waals surface area contributed by atoms with E-state index in [-0.39, 0.29) is 0 Å². The molecule has 0 spiro atoms. The predicted octanol–water partition coefficient (Wildman–Crippen LogP) is 0.317. The van der Waals surface area contributed by atoms with Crippen molar-refractivity contribution < 1.29 is 4.74 Å². The maximum absolute atomic E-state index is 5.38. The summed E-state index contributed by atoms with van der Waals surface area (Å²) in [6, 6.07) is 0.681. The molecule has 0 radical (unpaired) electrons. The van der Waals surface area contributed by atoms with Gasteiger partial charge in [-0.15, -0.1) is 0 Å². The summed E-state index contributed by atoms with van der Waals surface area (Å²) in [6.45, 7) is 7.64. The molecule has 0 aromatic heterocycles. The molecular weight excluding hydrogens is 164 g/mol. The van der Waals surface area contributed by atoms with Crippen LogP contribution in [0.5, 0.6) is 0 Å². The summed E-state index contributed by atoms with van der Waals surface area (Å²) in [4.78, 5) is 2.49. The summed E-state index contributed by atoms with van der Waals surface area (Å²) in [5.74, 6) is 0. The van der Waals surface area contributed by atoms with E-state index in [4.69, 9.17) is 4.74 Å². The van der Waals surface area contributed by atoms with E-state index in [0.717, 1.165) is 26.3 Å². The molecule has 3 nitrogen and oxygen atoms in total. The Morgan fingerprint density at radius 1 is 1.54 bits per heavy atom. The molecule has 3 heteroatoms. The van der Waals surface area contributed by atoms with Crippen LogP contribution in [0.25, 0.3) is 0 Å². The van der Waals surface area contributed by atoms with Crippen molar-refractivity contribution in [2.24, 2.45) is 5.41 Å². The van der Waals surface area contributed by atoms with Gasteiger partial charge >= 0.3 is 0 Å². The van der Waals surface area contributed by atoms with Crippen molar-refractivity contribution in [1.29, 1.82) is 0 Å². The lowest BCUT2D eigenvalue weighted by Gasteiger charge is -2.51. The molecule has 0 aliphatic carbocycles. The molecule has 2 saturated heterocycles. The Labute approximate surface area is 80.4 Å². The average molecular weight is 184 g/mol. The van der Waals surface area contributed by atoms with Gasteiger partial charge in [-0.05, 0) is 13.5 Å². The molecule has 1 atom stereocenters. The molecule has 2 rings (SSSR count). The van der Waals surface area contributed by atoms with E-state index >= 15 is 0 Å². The average Bonchev–Trinajstić information content (AvgIpc) is 2.07. The summed E-state index contributed by atoms with van der Waals surface area (Å²) >= 11 is 0. The van der Waals surface area contributed by atoms with Gasteiger partial charge in [0.2, 0.25) is 0 Å². The quantitative estimate of drug-likeness (QED) is 0.669. The number of nitrogens with zero attached hydrogens (tertiary/aromatic N) is 1. The summed E-state index contributed by atoms with van der Waals surface area (Å²) < 4.78 is 5.38. The van der Waals surface area contributed by atoms with Gasteiger partial charge in [0.25, 0.3) is 0 Å². The molecule has 13 heavy (non-hydrogen) atoms. The van der Waals surface area contributed by atoms with Crippen LogP contribution >= 0.6 is 0 Å². The smallest absolute Gasteiger partial charge is 0.0560 e. The number of piperazine rings is 1. The van der Waals surface area contributed by atoms with Crippen LogP contribution in [-0.2, 0) is 4.74 Å². The van der Waals surface area contributed by atoms with Crippen molar-refractivity contribution in [1.82, 2.24) is 10.2 Å². The first-order valence-electron chi connectivity index (χ1n) is 5.27. The SMILES string of the molecule is CCC1(C2CNCCN2C)COC1. The van der Waals surface area contributed by atoms with Crippen LogP contribution in [0, 0.1) is 5.41 Å². The van der Waals surface area contributed by atoms with Gasteiger partial charge in [0.05, 0.1) is 13.2 Å². The topological polar surface area (TPSA) is 24.5 Å². The minimum absolute atomic E-state index is 0.447. The van der Waals surface area contributed by atoms with Gasteiger partial charge in [-0.25, -0.2) is 0 Å². The Kier molecular flexibility index (Phi) is 2.58. The zero-order chi connectivity index (χ0) is 9.31. The van der Waals surface area contributed by atoms with Gasteiger partial charge in [-0.3, -0.25) is 0 Å². The standard InChI is InChI=1S/C10H20N2O/c1-3-10(7-13-8-10)9-6-11-4-5-12(9)2/h9,11H,3-8H2,1-2H3. The largest absolute Gasteiger partial charge is 0.380 e. The Hall–Kier alpha value is -0.120. The van der Waals surface area contributed by atoms with Gasteiger partial charge in [0.15, 0.2) is 0 Å². The van der Waals surface area contributed by atoms with Gasteiger partial charge in [0, 0.05) is 31.1 Å². The van der Waals surface area contributed by atoms with Crippen LogP contribution in [0.1, 0.15) is 13.3 Å². The van der Waals surface area contributed by atoms with E-state index in [1.165, 1.54) is 13.0 Å². The monoisotopic (exact) mass is 184 g/mol. The highest BCUT2D eigenvalue weighted by Crippen LogP contribution is 2.37. The molecule has 0 aromatic carbocycles. The third-order valence-corrected chi connectivity index (χ3v) is 3.70. The third kappa shape index (κ3) is 1.49. The number of likely N-dealkylation sites (N-methyl/N-ethyl adjacent to an activating group) is 1. The van der Waals surface area contributed by atoms with Crippen molar-refractivity contribution >= 4 is 0 Å². The Balaban J connectivity index is 2.03. The van der Waals surface area contributed by atoms with Crippen molar-refractivity contribution in [2.75, 3.05) is 39.9 Å². The second-order valence-electron chi connectivity index (χ2n) is 4.41. The van der Waals surface area contributed by atoms with Crippen LogP contribution < -0.4 is 5.32 Å². The fourth-order valence-corrected chi connectivity index (χ4v) is 2.49. The number of rotatable bonds is 2. The summed E-state index contributed by atoms with van der Waals surface area (Å²) in [5, 5.41) is 3.48. The fraction of sp³-hybridized carbons (Fsp3) is 1.00. The molecule has 0 bridgehead atoms. The summed E-state index contributed by atoms with van der Waals surface area (Å²) in [5.41, 5.74) is 0.447. The second kappa shape index (κ2) is 3.56. The van der Waals surface area contributed by atoms with Crippen LogP contribution in [0.4, 0.5) is 0 Å². The zero-order valence-electron chi connectivity index (χ0n) is 8.68. The van der Waals surface area contributed by atoms with E-state index in [1.807, 2.05) is 0 Å². The first-order valence-corrected chi connectivity index (χ1v) is 5.27. The van der Waals surface area contributed by atoms with E-state index in [9.17, 15) is 0 Å². The molecule has 2 aliphatic rings. The highest BCUT2D eigenvalue weighted by atomic mass is 16.5. The lowest BCUT2D eigenvalue weighted by atomic mass is 9.74. The summed E-state index contributed by atoms with van der Waals surface area (Å²) in [7, 11) is 2.24. The van der Waals surface area contributed by atoms with Crippen molar-refractivity contribution in [2.45, 2.75) is 19.4 Å². The van der Waals surface area contributed by atoms with Gasteiger partial charge < -0.3 is 15.0 Å². The maximum atomic E-state index is 5.38. The molecule has 0 amide bonds. The number of hydrogen-bond acceptors (Lipinski definition) is 3. The molecule has 1 unspecified atom stereocenters. The van der Waals surface area contributed by atoms with E-state index < -0.39 is 0 Å². The number of hydrogen-bond donors (Lipinski definition) is 1. The maximum Gasteiger partial charge on any atom is 0.0560 e. The fourth-order valence-electron chi connectivity index (χ4n) is 2.49. The first-order chi connectivity index (χ1) is 6.28. The molecule has 0 saturated carbocycles. The lowest BCUT2D eigenvalue weighted by molar-refractivity contribution is -0.156. The minimum atomic E-state index is 0.447. The van der Waals surface area contributed by atoms with Crippen LogP contribution in [0.15, 0.2) is 0 Å². The summed E-state index contributed by atoms with van der Waals surface area (Å²) in [6.07, 6.45) is 1.24. The van der Waals surface area contributed by atoms with Gasteiger partial charge in [-0.1, -0.05) is 6.92 Å². The van der Waals surface area contributed by atoms with E-state index in [0.29, 0.717) is 11.5 Å². The molecule has 2 heterocycles. The van der Waals surface area contributed by atoms with Crippen LogP contribution in [0.3, 0.4) is 0 Å². The van der Waals surface area contributed by atoms with E-state index in [1.54, 1.807) is 0 Å². The van der Waals surface area contributed by atoms with Crippen LogP contribution in [-0.4, -0.2) is 50.8 Å². The highest BCUT2D eigenvalue weighted by molar-refractivity contribution is 4.98. The van der Waals surface area contributed by atoms with Gasteiger partial charge in [0.1, 0.15) is 0 Å². The predicted molar refractivity (Wildman–Crippen MR) is 52.8 cm³/mol. The Morgan fingerprint density at radius 3 is 2.77 bits per heavy atom. The van der Waals surface area contributed by atoms with Crippen molar-refractivity contribution in [3.63, 3.8) is 0 Å². The molecular formula is C10H20N2O. The lowest BCUT2D eigenvalue weighted by Crippen LogP contribution is -2.63. The molecule has 76 valence electrons. The molecule has 1 N–H and O–H groups in total. The second-order valence-corrected chi connectivity index (χ2v) is 4.41. The molecule has 2 aliphatic heterocycles. The Morgan fingerprint density at radius 2 is 2.31 bits per heavy atom. The number of nitrogens with one attached hydrogen (secondary N) is 1. The zero-order valence-corrected chi connectivity index (χ0v) is 8.68. The highest BCUT2D eigenvalue weighted by Gasteiger charge is 2.46.